The molecule has 0 aromatic carbocycles. The van der Waals surface area contributed by atoms with E-state index in [0.717, 1.165) is 13.1 Å². The smallest absolute Gasteiger partial charge is 0.282 e. The highest BCUT2D eigenvalue weighted by atomic mass is 19.1. The van der Waals surface area contributed by atoms with Gasteiger partial charge in [0.05, 0.1) is 0 Å². The van der Waals surface area contributed by atoms with Crippen LogP contribution in [-0.2, 0) is 4.79 Å². The first kappa shape index (κ1) is 15.1. The number of piperazine rings is 1. The van der Waals surface area contributed by atoms with Gasteiger partial charge in [0.1, 0.15) is 0 Å². The Morgan fingerprint density at radius 1 is 1.44 bits per heavy atom. The van der Waals surface area contributed by atoms with Crippen LogP contribution in [0.1, 0.15) is 13.8 Å². The summed E-state index contributed by atoms with van der Waals surface area (Å²) in [5.74, 6) is -1.11. The molecule has 4 nitrogen and oxygen atoms in total. The van der Waals surface area contributed by atoms with Crippen molar-refractivity contribution in [2.24, 2.45) is 0 Å². The SMILES string of the molecule is CCN1CCN(C(=O)/C(F)=C/CN(C)C)CC1C. The van der Waals surface area contributed by atoms with Gasteiger partial charge in [-0.05, 0) is 33.6 Å². The van der Waals surface area contributed by atoms with E-state index in [9.17, 15) is 9.18 Å². The summed E-state index contributed by atoms with van der Waals surface area (Å²) in [6.07, 6.45) is 1.35. The van der Waals surface area contributed by atoms with Crippen LogP contribution in [-0.4, -0.2) is 73.5 Å². The van der Waals surface area contributed by atoms with Gasteiger partial charge in [0.25, 0.3) is 5.91 Å². The minimum absolute atomic E-state index is 0.300. The van der Waals surface area contributed by atoms with Gasteiger partial charge in [-0.3, -0.25) is 9.69 Å². The molecule has 1 amide bonds. The van der Waals surface area contributed by atoms with E-state index in [-0.39, 0.29) is 0 Å². The highest BCUT2D eigenvalue weighted by Gasteiger charge is 2.27. The fourth-order valence-corrected chi connectivity index (χ4v) is 2.15. The third-order valence-electron chi connectivity index (χ3n) is 3.30. The van der Waals surface area contributed by atoms with Crippen molar-refractivity contribution >= 4 is 5.91 Å². The zero-order valence-electron chi connectivity index (χ0n) is 11.8. The van der Waals surface area contributed by atoms with Crippen molar-refractivity contribution in [1.29, 1.82) is 0 Å². The molecule has 18 heavy (non-hydrogen) atoms. The van der Waals surface area contributed by atoms with Crippen LogP contribution in [0.3, 0.4) is 0 Å². The number of hydrogen-bond acceptors (Lipinski definition) is 3. The highest BCUT2D eigenvalue weighted by Crippen LogP contribution is 2.12. The van der Waals surface area contributed by atoms with Gasteiger partial charge < -0.3 is 9.80 Å². The number of hydrogen-bond donors (Lipinski definition) is 0. The highest BCUT2D eigenvalue weighted by molar-refractivity contribution is 5.91. The number of likely N-dealkylation sites (N-methyl/N-ethyl adjacent to an activating group) is 2. The average Bonchev–Trinajstić information content (AvgIpc) is 2.34. The first-order valence-corrected chi connectivity index (χ1v) is 6.49. The van der Waals surface area contributed by atoms with Gasteiger partial charge in [0.15, 0.2) is 5.83 Å². The molecule has 5 heteroatoms. The van der Waals surface area contributed by atoms with Crippen molar-refractivity contribution < 1.29 is 9.18 Å². The van der Waals surface area contributed by atoms with Gasteiger partial charge in [0, 0.05) is 32.2 Å². The van der Waals surface area contributed by atoms with E-state index in [1.54, 1.807) is 4.90 Å². The Morgan fingerprint density at radius 2 is 2.11 bits per heavy atom. The molecule has 1 aliphatic heterocycles. The zero-order valence-corrected chi connectivity index (χ0v) is 11.8. The van der Waals surface area contributed by atoms with E-state index in [1.165, 1.54) is 6.08 Å². The van der Waals surface area contributed by atoms with Crippen molar-refractivity contribution in [3.8, 4) is 0 Å². The lowest BCUT2D eigenvalue weighted by atomic mass is 10.2. The van der Waals surface area contributed by atoms with Crippen molar-refractivity contribution in [2.75, 3.05) is 46.8 Å². The van der Waals surface area contributed by atoms with Crippen LogP contribution in [0.5, 0.6) is 0 Å². The van der Waals surface area contributed by atoms with Crippen LogP contribution in [0.25, 0.3) is 0 Å². The summed E-state index contributed by atoms with van der Waals surface area (Å²) in [4.78, 5) is 17.6. The molecule has 1 fully saturated rings. The molecule has 1 rings (SSSR count). The van der Waals surface area contributed by atoms with Crippen LogP contribution in [0.2, 0.25) is 0 Å². The maximum absolute atomic E-state index is 13.7. The van der Waals surface area contributed by atoms with Crippen molar-refractivity contribution in [3.63, 3.8) is 0 Å². The van der Waals surface area contributed by atoms with Crippen LogP contribution in [0.15, 0.2) is 11.9 Å². The molecule has 104 valence electrons. The standard InChI is InChI=1S/C13H24FN3O/c1-5-16-8-9-17(10-11(16)2)13(18)12(14)6-7-15(3)4/h6,11H,5,7-10H2,1-4H3/b12-6-. The number of nitrogens with zero attached hydrogens (tertiary/aromatic N) is 3. The molecule has 1 saturated heterocycles. The Hall–Kier alpha value is -0.940. The second kappa shape index (κ2) is 6.85. The molecule has 1 aliphatic rings. The minimum atomic E-state index is -0.638. The molecule has 0 aliphatic carbocycles. The first-order valence-electron chi connectivity index (χ1n) is 6.49. The predicted octanol–water partition coefficient (Wildman–Crippen LogP) is 0.954. The lowest BCUT2D eigenvalue weighted by Crippen LogP contribution is -2.53. The Morgan fingerprint density at radius 3 is 2.61 bits per heavy atom. The maximum atomic E-state index is 13.7. The van der Waals surface area contributed by atoms with Gasteiger partial charge in [-0.25, -0.2) is 4.39 Å². The largest absolute Gasteiger partial charge is 0.334 e. The topological polar surface area (TPSA) is 26.8 Å². The van der Waals surface area contributed by atoms with Crippen molar-refractivity contribution in [3.05, 3.63) is 11.9 Å². The monoisotopic (exact) mass is 257 g/mol. The lowest BCUT2D eigenvalue weighted by Gasteiger charge is -2.39. The first-order chi connectivity index (χ1) is 8.45. The van der Waals surface area contributed by atoms with E-state index < -0.39 is 11.7 Å². The number of amides is 1. The summed E-state index contributed by atoms with van der Waals surface area (Å²) in [5.41, 5.74) is 0. The van der Waals surface area contributed by atoms with Gasteiger partial charge in [0.2, 0.25) is 0 Å². The summed E-state index contributed by atoms with van der Waals surface area (Å²) in [5, 5.41) is 0. The van der Waals surface area contributed by atoms with Gasteiger partial charge in [-0.2, -0.15) is 0 Å². The summed E-state index contributed by atoms with van der Waals surface area (Å²) in [6, 6.07) is 0.300. The third kappa shape index (κ3) is 4.07. The minimum Gasteiger partial charge on any atom is -0.334 e. The molecule has 0 spiro atoms. The van der Waals surface area contributed by atoms with E-state index in [1.807, 2.05) is 19.0 Å². The van der Waals surface area contributed by atoms with E-state index in [4.69, 9.17) is 0 Å². The summed E-state index contributed by atoms with van der Waals surface area (Å²) in [7, 11) is 3.69. The normalized spacial score (nSPS) is 22.7. The maximum Gasteiger partial charge on any atom is 0.282 e. The molecule has 0 aromatic heterocycles. The number of halogens is 1. The van der Waals surface area contributed by atoms with Crippen molar-refractivity contribution in [1.82, 2.24) is 14.7 Å². The molecule has 0 bridgehead atoms. The van der Waals surface area contributed by atoms with Gasteiger partial charge in [-0.15, -0.1) is 0 Å². The van der Waals surface area contributed by atoms with Crippen LogP contribution in [0.4, 0.5) is 4.39 Å². The molecule has 0 N–H and O–H groups in total. The molecule has 0 saturated carbocycles. The van der Waals surface area contributed by atoms with Crippen LogP contribution < -0.4 is 0 Å². The van der Waals surface area contributed by atoms with Crippen LogP contribution in [0, 0.1) is 0 Å². The molecular formula is C13H24FN3O. The van der Waals surface area contributed by atoms with Gasteiger partial charge >= 0.3 is 0 Å². The third-order valence-corrected chi connectivity index (χ3v) is 3.30. The predicted molar refractivity (Wildman–Crippen MR) is 71.0 cm³/mol. The molecule has 1 unspecified atom stereocenters. The van der Waals surface area contributed by atoms with Crippen LogP contribution >= 0.6 is 0 Å². The van der Waals surface area contributed by atoms with E-state index in [0.29, 0.717) is 25.7 Å². The Balaban J connectivity index is 2.55. The summed E-state index contributed by atoms with van der Waals surface area (Å²) < 4.78 is 13.7. The number of carbonyl (C=O) groups is 1. The quantitative estimate of drug-likeness (QED) is 0.702. The number of rotatable bonds is 4. The second-order valence-corrected chi connectivity index (χ2v) is 5.04. The average molecular weight is 257 g/mol. The van der Waals surface area contributed by atoms with E-state index >= 15 is 0 Å². The molecular weight excluding hydrogens is 233 g/mol. The molecule has 0 aromatic rings. The molecule has 0 radical (unpaired) electrons. The lowest BCUT2D eigenvalue weighted by molar-refractivity contribution is -0.131. The Labute approximate surface area is 109 Å². The fourth-order valence-electron chi connectivity index (χ4n) is 2.15. The fraction of sp³-hybridized carbons (Fsp3) is 0.769. The number of carbonyl (C=O) groups excluding carboxylic acids is 1. The zero-order chi connectivity index (χ0) is 13.7. The van der Waals surface area contributed by atoms with Crippen molar-refractivity contribution in [2.45, 2.75) is 19.9 Å². The summed E-state index contributed by atoms with van der Waals surface area (Å²) >= 11 is 0. The summed E-state index contributed by atoms with van der Waals surface area (Å²) in [6.45, 7) is 7.64. The molecule has 1 heterocycles. The Bertz CT molecular complexity index is 317. The Kier molecular flexibility index (Phi) is 5.75. The second-order valence-electron chi connectivity index (χ2n) is 5.04. The van der Waals surface area contributed by atoms with Gasteiger partial charge in [-0.1, -0.05) is 6.92 Å². The van der Waals surface area contributed by atoms with E-state index in [2.05, 4.69) is 18.7 Å². The molecule has 1 atom stereocenters.